The predicted molar refractivity (Wildman–Crippen MR) is 88.5 cm³/mol. The lowest BCUT2D eigenvalue weighted by Gasteiger charge is -2.42. The molecule has 124 valence electrons. The summed E-state index contributed by atoms with van der Waals surface area (Å²) in [7, 11) is 1.44. The van der Waals surface area contributed by atoms with Crippen molar-refractivity contribution < 1.29 is 9.66 Å². The van der Waals surface area contributed by atoms with Gasteiger partial charge in [0.15, 0.2) is 5.75 Å². The van der Waals surface area contributed by atoms with E-state index in [1.807, 2.05) is 6.07 Å². The van der Waals surface area contributed by atoms with Gasteiger partial charge in [-0.25, -0.2) is 0 Å². The summed E-state index contributed by atoms with van der Waals surface area (Å²) in [5.74, 6) is 0.296. The van der Waals surface area contributed by atoms with Gasteiger partial charge in [-0.05, 0) is 23.5 Å². The molecule has 0 bridgehead atoms. The number of nitro benzene ring substituents is 1. The highest BCUT2D eigenvalue weighted by molar-refractivity contribution is 5.85. The zero-order valence-electron chi connectivity index (χ0n) is 13.2. The van der Waals surface area contributed by atoms with Crippen LogP contribution in [0.4, 0.5) is 5.69 Å². The first kappa shape index (κ1) is 18.7. The molecule has 1 fully saturated rings. The van der Waals surface area contributed by atoms with Crippen molar-refractivity contribution in [2.75, 3.05) is 20.2 Å². The smallest absolute Gasteiger partial charge is 0.311 e. The van der Waals surface area contributed by atoms with Gasteiger partial charge in [-0.3, -0.25) is 15.0 Å². The maximum Gasteiger partial charge on any atom is 0.311 e. The molecule has 2 N–H and O–H groups in total. The van der Waals surface area contributed by atoms with E-state index in [2.05, 4.69) is 18.7 Å². The molecule has 0 radical (unpaired) electrons. The second-order valence-corrected chi connectivity index (χ2v) is 6.36. The fourth-order valence-corrected chi connectivity index (χ4v) is 2.85. The lowest BCUT2D eigenvalue weighted by molar-refractivity contribution is -0.385. The second-order valence-electron chi connectivity index (χ2n) is 6.36. The fraction of sp³-hybridized carbons (Fsp3) is 0.600. The van der Waals surface area contributed by atoms with Gasteiger partial charge >= 0.3 is 5.69 Å². The molecular formula is C15H24ClN3O3. The number of hydrogen-bond donors (Lipinski definition) is 1. The molecule has 0 amide bonds. The van der Waals surface area contributed by atoms with E-state index in [4.69, 9.17) is 10.5 Å². The second kappa shape index (κ2) is 7.26. The summed E-state index contributed by atoms with van der Waals surface area (Å²) in [4.78, 5) is 13.0. The molecule has 7 heteroatoms. The van der Waals surface area contributed by atoms with E-state index in [9.17, 15) is 10.1 Å². The van der Waals surface area contributed by atoms with Crippen LogP contribution in [-0.4, -0.2) is 36.1 Å². The Labute approximate surface area is 137 Å². The Morgan fingerprint density at radius 1 is 1.50 bits per heavy atom. The van der Waals surface area contributed by atoms with Gasteiger partial charge in [-0.15, -0.1) is 12.4 Å². The number of likely N-dealkylation sites (tertiary alicyclic amines) is 1. The van der Waals surface area contributed by atoms with Crippen molar-refractivity contribution in [3.63, 3.8) is 0 Å². The molecule has 1 saturated heterocycles. The zero-order valence-corrected chi connectivity index (χ0v) is 14.1. The monoisotopic (exact) mass is 329 g/mol. The number of halogens is 1. The summed E-state index contributed by atoms with van der Waals surface area (Å²) < 4.78 is 5.03. The minimum absolute atomic E-state index is 0. The average molecular weight is 330 g/mol. The first-order chi connectivity index (χ1) is 9.83. The largest absolute Gasteiger partial charge is 0.490 e. The van der Waals surface area contributed by atoms with E-state index in [0.717, 1.165) is 25.1 Å². The van der Waals surface area contributed by atoms with Gasteiger partial charge in [0.2, 0.25) is 0 Å². The van der Waals surface area contributed by atoms with E-state index < -0.39 is 4.92 Å². The molecule has 1 heterocycles. The summed E-state index contributed by atoms with van der Waals surface area (Å²) in [6.07, 6.45) is 0.950. The summed E-state index contributed by atoms with van der Waals surface area (Å²) in [5, 5.41) is 11.1. The molecule has 1 unspecified atom stereocenters. The van der Waals surface area contributed by atoms with E-state index in [1.54, 1.807) is 12.1 Å². The van der Waals surface area contributed by atoms with Crippen LogP contribution >= 0.6 is 12.4 Å². The highest BCUT2D eigenvalue weighted by atomic mass is 35.5. The SMILES string of the molecule is COc1ccc(CN2CCC(N)C(C)(C)C2)cc1[N+](=O)[O-].Cl. The van der Waals surface area contributed by atoms with Crippen molar-refractivity contribution in [3.8, 4) is 5.75 Å². The van der Waals surface area contributed by atoms with Gasteiger partial charge in [0.25, 0.3) is 0 Å². The third-order valence-electron chi connectivity index (χ3n) is 4.24. The molecule has 1 aliphatic heterocycles. The number of nitro groups is 1. The molecule has 0 saturated carbocycles. The van der Waals surface area contributed by atoms with Crippen molar-refractivity contribution >= 4 is 18.1 Å². The highest BCUT2D eigenvalue weighted by Gasteiger charge is 2.33. The molecular weight excluding hydrogens is 306 g/mol. The molecule has 0 aliphatic carbocycles. The molecule has 1 aliphatic rings. The van der Waals surface area contributed by atoms with Gasteiger partial charge in [0, 0.05) is 31.7 Å². The average Bonchev–Trinajstić information content (AvgIpc) is 2.42. The Balaban J connectivity index is 0.00000242. The summed E-state index contributed by atoms with van der Waals surface area (Å²) in [6.45, 7) is 6.85. The number of nitrogens with two attached hydrogens (primary N) is 1. The predicted octanol–water partition coefficient (Wildman–Crippen LogP) is 2.58. The van der Waals surface area contributed by atoms with E-state index in [-0.39, 0.29) is 29.6 Å². The van der Waals surface area contributed by atoms with Crippen molar-refractivity contribution in [1.29, 1.82) is 0 Å². The van der Waals surface area contributed by atoms with Crippen molar-refractivity contribution in [3.05, 3.63) is 33.9 Å². The van der Waals surface area contributed by atoms with E-state index in [0.29, 0.717) is 12.3 Å². The highest BCUT2D eigenvalue weighted by Crippen LogP contribution is 2.31. The number of nitrogens with zero attached hydrogens (tertiary/aromatic N) is 2. The van der Waals surface area contributed by atoms with Crippen LogP contribution in [0.3, 0.4) is 0 Å². The summed E-state index contributed by atoms with van der Waals surface area (Å²) >= 11 is 0. The maximum atomic E-state index is 11.1. The maximum absolute atomic E-state index is 11.1. The van der Waals surface area contributed by atoms with Crippen LogP contribution in [-0.2, 0) is 6.54 Å². The van der Waals surface area contributed by atoms with E-state index >= 15 is 0 Å². The van der Waals surface area contributed by atoms with Crippen LogP contribution in [0.15, 0.2) is 18.2 Å². The molecule has 6 nitrogen and oxygen atoms in total. The van der Waals surface area contributed by atoms with Crippen molar-refractivity contribution in [2.45, 2.75) is 32.9 Å². The summed E-state index contributed by atoms with van der Waals surface area (Å²) in [6, 6.07) is 5.35. The Morgan fingerprint density at radius 2 is 2.18 bits per heavy atom. The van der Waals surface area contributed by atoms with Crippen LogP contribution in [0.2, 0.25) is 0 Å². The lowest BCUT2D eigenvalue weighted by Crippen LogP contribution is -2.52. The molecule has 2 rings (SSSR count). The van der Waals surface area contributed by atoms with Crippen molar-refractivity contribution in [1.82, 2.24) is 4.90 Å². The number of benzene rings is 1. The molecule has 0 aromatic heterocycles. The third kappa shape index (κ3) is 4.09. The first-order valence-corrected chi connectivity index (χ1v) is 7.13. The minimum atomic E-state index is -0.404. The Kier molecular flexibility index (Phi) is 6.17. The normalized spacial score (nSPS) is 21.0. The Hall–Kier alpha value is -1.37. The van der Waals surface area contributed by atoms with Crippen LogP contribution in [0.25, 0.3) is 0 Å². The van der Waals surface area contributed by atoms with Gasteiger partial charge in [0.1, 0.15) is 0 Å². The Bertz CT molecular complexity index is 537. The zero-order chi connectivity index (χ0) is 15.6. The van der Waals surface area contributed by atoms with Crippen LogP contribution in [0, 0.1) is 15.5 Å². The number of hydrogen-bond acceptors (Lipinski definition) is 5. The lowest BCUT2D eigenvalue weighted by atomic mass is 9.79. The Morgan fingerprint density at radius 3 is 2.73 bits per heavy atom. The molecule has 1 aromatic carbocycles. The molecule has 0 spiro atoms. The quantitative estimate of drug-likeness (QED) is 0.678. The topological polar surface area (TPSA) is 81.6 Å². The van der Waals surface area contributed by atoms with Gasteiger partial charge in [-0.2, -0.15) is 0 Å². The van der Waals surface area contributed by atoms with Gasteiger partial charge in [0.05, 0.1) is 12.0 Å². The summed E-state index contributed by atoms with van der Waals surface area (Å²) in [5.41, 5.74) is 7.14. The van der Waals surface area contributed by atoms with E-state index in [1.165, 1.54) is 7.11 Å². The van der Waals surface area contributed by atoms with Crippen LogP contribution < -0.4 is 10.5 Å². The third-order valence-corrected chi connectivity index (χ3v) is 4.24. The standard InChI is InChI=1S/C15H23N3O3.ClH/c1-15(2)10-17(7-6-14(15)16)9-11-4-5-13(21-3)12(8-11)18(19)20;/h4-5,8,14H,6-7,9-10,16H2,1-3H3;1H. The minimum Gasteiger partial charge on any atom is -0.490 e. The van der Waals surface area contributed by atoms with Crippen molar-refractivity contribution in [2.24, 2.45) is 11.1 Å². The number of methoxy groups -OCH3 is 1. The number of ether oxygens (including phenoxy) is 1. The van der Waals surface area contributed by atoms with Gasteiger partial charge in [-0.1, -0.05) is 19.9 Å². The number of rotatable bonds is 4. The molecule has 22 heavy (non-hydrogen) atoms. The van der Waals surface area contributed by atoms with Gasteiger partial charge < -0.3 is 10.5 Å². The molecule has 1 atom stereocenters. The molecule has 1 aromatic rings. The fourth-order valence-electron chi connectivity index (χ4n) is 2.85. The first-order valence-electron chi connectivity index (χ1n) is 7.13. The number of piperidine rings is 1. The van der Waals surface area contributed by atoms with Crippen LogP contribution in [0.5, 0.6) is 5.75 Å². The van der Waals surface area contributed by atoms with Crippen LogP contribution in [0.1, 0.15) is 25.8 Å².